The van der Waals surface area contributed by atoms with E-state index in [2.05, 4.69) is 0 Å². The minimum absolute atomic E-state index is 0.0558. The number of benzene rings is 2. The number of aryl methyl sites for hydroxylation is 1. The van der Waals surface area contributed by atoms with Crippen LogP contribution in [0.4, 0.5) is 8.78 Å². The molecular weight excluding hydrogens is 258 g/mol. The lowest BCUT2D eigenvalue weighted by Gasteiger charge is -2.09. The van der Waals surface area contributed by atoms with Crippen LogP contribution in [-0.4, -0.2) is 0 Å². The Hall–Kier alpha value is -1.61. The fourth-order valence-corrected chi connectivity index (χ4v) is 1.67. The van der Waals surface area contributed by atoms with E-state index in [1.54, 1.807) is 19.1 Å². The van der Waals surface area contributed by atoms with Crippen LogP contribution >= 0.6 is 11.6 Å². The van der Waals surface area contributed by atoms with Crippen molar-refractivity contribution in [2.75, 3.05) is 0 Å². The first-order chi connectivity index (χ1) is 8.56. The molecule has 1 nitrogen and oxygen atoms in total. The van der Waals surface area contributed by atoms with Crippen LogP contribution < -0.4 is 4.74 Å². The van der Waals surface area contributed by atoms with Gasteiger partial charge in [0.1, 0.15) is 24.0 Å². The normalized spacial score (nSPS) is 10.4. The molecule has 2 aromatic rings. The smallest absolute Gasteiger partial charge is 0.145 e. The van der Waals surface area contributed by atoms with Gasteiger partial charge in [0.25, 0.3) is 0 Å². The topological polar surface area (TPSA) is 9.23 Å². The minimum Gasteiger partial charge on any atom is -0.489 e. The summed E-state index contributed by atoms with van der Waals surface area (Å²) in [6, 6.07) is 8.70. The van der Waals surface area contributed by atoms with Crippen LogP contribution in [0.2, 0.25) is 5.02 Å². The van der Waals surface area contributed by atoms with Gasteiger partial charge < -0.3 is 4.74 Å². The molecule has 0 aromatic heterocycles. The van der Waals surface area contributed by atoms with E-state index >= 15 is 0 Å². The molecule has 0 fully saturated rings. The zero-order valence-electron chi connectivity index (χ0n) is 9.71. The number of hydrogen-bond donors (Lipinski definition) is 0. The van der Waals surface area contributed by atoms with Crippen LogP contribution in [0.15, 0.2) is 36.4 Å². The van der Waals surface area contributed by atoms with Crippen LogP contribution in [0, 0.1) is 18.6 Å². The maximum Gasteiger partial charge on any atom is 0.145 e. The molecule has 0 unspecified atom stereocenters. The largest absolute Gasteiger partial charge is 0.489 e. The molecule has 0 spiro atoms. The SMILES string of the molecule is Cc1cc(F)ccc1COc1ccc(Cl)c(F)c1. The van der Waals surface area contributed by atoms with E-state index in [9.17, 15) is 8.78 Å². The van der Waals surface area contributed by atoms with Gasteiger partial charge in [-0.15, -0.1) is 0 Å². The Kier molecular flexibility index (Phi) is 3.82. The van der Waals surface area contributed by atoms with Crippen molar-refractivity contribution >= 4 is 11.6 Å². The lowest BCUT2D eigenvalue weighted by Crippen LogP contribution is -1.98. The van der Waals surface area contributed by atoms with Crippen LogP contribution in [0.1, 0.15) is 11.1 Å². The molecule has 2 rings (SSSR count). The standard InChI is InChI=1S/C14H11ClF2O/c1-9-6-11(16)3-2-10(9)8-18-12-4-5-13(15)14(17)7-12/h2-7H,8H2,1H3. The lowest BCUT2D eigenvalue weighted by molar-refractivity contribution is 0.303. The van der Waals surface area contributed by atoms with Crippen molar-refractivity contribution in [3.63, 3.8) is 0 Å². The van der Waals surface area contributed by atoms with E-state index in [0.29, 0.717) is 5.75 Å². The summed E-state index contributed by atoms with van der Waals surface area (Å²) >= 11 is 5.57. The Bertz CT molecular complexity index is 570. The summed E-state index contributed by atoms with van der Waals surface area (Å²) in [6.07, 6.45) is 0. The molecule has 0 heterocycles. The molecule has 0 atom stereocenters. The van der Waals surface area contributed by atoms with Gasteiger partial charge >= 0.3 is 0 Å². The van der Waals surface area contributed by atoms with Crippen molar-refractivity contribution in [3.05, 3.63) is 64.2 Å². The molecule has 0 aliphatic carbocycles. The quantitative estimate of drug-likeness (QED) is 0.796. The predicted octanol–water partition coefficient (Wildman–Crippen LogP) is 4.51. The van der Waals surface area contributed by atoms with E-state index in [1.165, 1.54) is 24.3 Å². The third kappa shape index (κ3) is 2.99. The molecule has 0 saturated carbocycles. The molecular formula is C14H11ClF2O. The number of rotatable bonds is 3. The van der Waals surface area contributed by atoms with E-state index in [4.69, 9.17) is 16.3 Å². The molecule has 0 aliphatic rings. The maximum atomic E-state index is 13.2. The molecule has 0 amide bonds. The highest BCUT2D eigenvalue weighted by Crippen LogP contribution is 2.21. The van der Waals surface area contributed by atoms with Gasteiger partial charge in [0.15, 0.2) is 0 Å². The molecule has 0 aliphatic heterocycles. The molecule has 18 heavy (non-hydrogen) atoms. The third-order valence-electron chi connectivity index (χ3n) is 2.59. The van der Waals surface area contributed by atoms with Gasteiger partial charge in [-0.05, 0) is 42.3 Å². The predicted molar refractivity (Wildman–Crippen MR) is 66.9 cm³/mol. The van der Waals surface area contributed by atoms with Crippen molar-refractivity contribution in [1.82, 2.24) is 0 Å². The summed E-state index contributed by atoms with van der Waals surface area (Å²) in [4.78, 5) is 0. The number of ether oxygens (including phenoxy) is 1. The van der Waals surface area contributed by atoms with E-state index in [1.807, 2.05) is 0 Å². The molecule has 94 valence electrons. The van der Waals surface area contributed by atoms with Crippen LogP contribution in [0.25, 0.3) is 0 Å². The average molecular weight is 269 g/mol. The van der Waals surface area contributed by atoms with Gasteiger partial charge in [-0.25, -0.2) is 8.78 Å². The minimum atomic E-state index is -0.523. The first-order valence-electron chi connectivity index (χ1n) is 5.39. The number of halogens is 3. The Morgan fingerprint density at radius 1 is 1.11 bits per heavy atom. The summed E-state index contributed by atoms with van der Waals surface area (Å²) in [5.41, 5.74) is 1.65. The Labute approximate surface area is 109 Å². The third-order valence-corrected chi connectivity index (χ3v) is 2.90. The van der Waals surface area contributed by atoms with Crippen molar-refractivity contribution in [2.24, 2.45) is 0 Å². The van der Waals surface area contributed by atoms with Gasteiger partial charge in [0.2, 0.25) is 0 Å². The maximum absolute atomic E-state index is 13.2. The summed E-state index contributed by atoms with van der Waals surface area (Å²) in [7, 11) is 0. The average Bonchev–Trinajstić information content (AvgIpc) is 2.32. The van der Waals surface area contributed by atoms with Crippen molar-refractivity contribution in [2.45, 2.75) is 13.5 Å². The molecule has 0 saturated heterocycles. The molecule has 4 heteroatoms. The molecule has 0 bridgehead atoms. The monoisotopic (exact) mass is 268 g/mol. The molecule has 2 aromatic carbocycles. The second-order valence-corrected chi connectivity index (χ2v) is 4.34. The van der Waals surface area contributed by atoms with Crippen LogP contribution in [-0.2, 0) is 6.61 Å². The summed E-state index contributed by atoms with van der Waals surface area (Å²) in [5.74, 6) is -0.417. The molecule has 0 N–H and O–H groups in total. The fourth-order valence-electron chi connectivity index (χ4n) is 1.55. The van der Waals surface area contributed by atoms with Gasteiger partial charge in [-0.1, -0.05) is 17.7 Å². The summed E-state index contributed by atoms with van der Waals surface area (Å²) in [5, 5.41) is 0.0558. The van der Waals surface area contributed by atoms with Crippen molar-refractivity contribution in [3.8, 4) is 5.75 Å². The summed E-state index contributed by atoms with van der Waals surface area (Å²) < 4.78 is 31.5. The second-order valence-electron chi connectivity index (χ2n) is 3.94. The van der Waals surface area contributed by atoms with Crippen LogP contribution in [0.3, 0.4) is 0 Å². The van der Waals surface area contributed by atoms with E-state index < -0.39 is 5.82 Å². The van der Waals surface area contributed by atoms with Crippen LogP contribution in [0.5, 0.6) is 5.75 Å². The van der Waals surface area contributed by atoms with E-state index in [0.717, 1.165) is 11.1 Å². The second kappa shape index (κ2) is 5.36. The van der Waals surface area contributed by atoms with Gasteiger partial charge in [0.05, 0.1) is 5.02 Å². The zero-order chi connectivity index (χ0) is 13.1. The highest BCUT2D eigenvalue weighted by atomic mass is 35.5. The Morgan fingerprint density at radius 3 is 2.56 bits per heavy atom. The van der Waals surface area contributed by atoms with E-state index in [-0.39, 0.29) is 17.4 Å². The highest BCUT2D eigenvalue weighted by molar-refractivity contribution is 6.30. The van der Waals surface area contributed by atoms with Gasteiger partial charge in [-0.2, -0.15) is 0 Å². The Morgan fingerprint density at radius 2 is 1.89 bits per heavy atom. The van der Waals surface area contributed by atoms with Gasteiger partial charge in [-0.3, -0.25) is 0 Å². The van der Waals surface area contributed by atoms with Gasteiger partial charge in [0, 0.05) is 6.07 Å². The summed E-state index contributed by atoms with van der Waals surface area (Å²) in [6.45, 7) is 2.05. The first-order valence-corrected chi connectivity index (χ1v) is 5.77. The highest BCUT2D eigenvalue weighted by Gasteiger charge is 2.04. The van der Waals surface area contributed by atoms with Crippen molar-refractivity contribution in [1.29, 1.82) is 0 Å². The fraction of sp³-hybridized carbons (Fsp3) is 0.143. The number of hydrogen-bond acceptors (Lipinski definition) is 1. The lowest BCUT2D eigenvalue weighted by atomic mass is 10.1. The Balaban J connectivity index is 2.09. The first kappa shape index (κ1) is 12.8. The molecule has 0 radical (unpaired) electrons. The van der Waals surface area contributed by atoms with Crippen molar-refractivity contribution < 1.29 is 13.5 Å². The zero-order valence-corrected chi connectivity index (χ0v) is 10.5.